The summed E-state index contributed by atoms with van der Waals surface area (Å²) in [6.45, 7) is 0.439. The molecular weight excluding hydrogens is 227 g/mol. The lowest BCUT2D eigenvalue weighted by molar-refractivity contribution is -0.0162. The van der Waals surface area contributed by atoms with Gasteiger partial charge in [0, 0.05) is 17.2 Å². The maximum Gasteiger partial charge on any atom is 0.222 e. The largest absolute Gasteiger partial charge is 0.467 e. The molecule has 0 aliphatic carbocycles. The normalized spacial score (nSPS) is 14.2. The van der Waals surface area contributed by atoms with E-state index < -0.39 is 5.82 Å². The Hall–Kier alpha value is -2.08. The Kier molecular flexibility index (Phi) is 2.22. The van der Waals surface area contributed by atoms with E-state index in [4.69, 9.17) is 19.7 Å². The second-order valence-corrected chi connectivity index (χ2v) is 3.62. The van der Waals surface area contributed by atoms with Gasteiger partial charge in [-0.25, -0.2) is 4.39 Å². The molecule has 2 N–H and O–H groups in total. The molecule has 1 aromatic carbocycles. The number of nitrogens with zero attached hydrogens (tertiary/aromatic N) is 1. The first-order valence-corrected chi connectivity index (χ1v) is 5.00. The summed E-state index contributed by atoms with van der Waals surface area (Å²) in [5.41, 5.74) is 6.69. The number of nitrogens with two attached hydrogens (primary N) is 1. The van der Waals surface area contributed by atoms with Gasteiger partial charge in [0.25, 0.3) is 0 Å². The highest BCUT2D eigenvalue weighted by Crippen LogP contribution is 2.35. The minimum atomic E-state index is -0.411. The van der Waals surface area contributed by atoms with Crippen LogP contribution in [-0.2, 0) is 11.3 Å². The van der Waals surface area contributed by atoms with Crippen molar-refractivity contribution in [2.45, 2.75) is 6.61 Å². The van der Waals surface area contributed by atoms with E-state index in [2.05, 4.69) is 5.16 Å². The van der Waals surface area contributed by atoms with Gasteiger partial charge in [-0.3, -0.25) is 0 Å². The monoisotopic (exact) mass is 236 g/mol. The molecule has 1 aliphatic heterocycles. The smallest absolute Gasteiger partial charge is 0.222 e. The van der Waals surface area contributed by atoms with Crippen LogP contribution in [-0.4, -0.2) is 11.9 Å². The van der Waals surface area contributed by atoms with E-state index in [0.717, 1.165) is 0 Å². The third-order valence-electron chi connectivity index (χ3n) is 2.55. The number of halogens is 1. The topological polar surface area (TPSA) is 70.5 Å². The molecule has 0 spiro atoms. The Bertz CT molecular complexity index is 568. The Morgan fingerprint density at radius 3 is 3.00 bits per heavy atom. The van der Waals surface area contributed by atoms with E-state index in [1.54, 1.807) is 6.07 Å². The minimum Gasteiger partial charge on any atom is -0.467 e. The Morgan fingerprint density at radius 2 is 2.24 bits per heavy atom. The SMILES string of the molecule is Nc1cc(-c2c(F)ccc3c2COCO3)no1. The van der Waals surface area contributed by atoms with Gasteiger partial charge in [-0.05, 0) is 12.1 Å². The van der Waals surface area contributed by atoms with Crippen LogP contribution in [0.15, 0.2) is 22.7 Å². The minimum absolute atomic E-state index is 0.134. The van der Waals surface area contributed by atoms with Crippen LogP contribution in [0.4, 0.5) is 10.3 Å². The van der Waals surface area contributed by atoms with Gasteiger partial charge in [0.15, 0.2) is 6.79 Å². The van der Waals surface area contributed by atoms with Crippen molar-refractivity contribution in [3.8, 4) is 17.0 Å². The molecule has 0 saturated heterocycles. The summed E-state index contributed by atoms with van der Waals surface area (Å²) in [5, 5.41) is 3.70. The Morgan fingerprint density at radius 1 is 1.35 bits per heavy atom. The first-order valence-electron chi connectivity index (χ1n) is 5.00. The van der Waals surface area contributed by atoms with Gasteiger partial charge in [0.05, 0.1) is 6.61 Å². The van der Waals surface area contributed by atoms with E-state index in [9.17, 15) is 4.39 Å². The summed E-state index contributed by atoms with van der Waals surface area (Å²) in [7, 11) is 0. The van der Waals surface area contributed by atoms with Crippen molar-refractivity contribution in [2.24, 2.45) is 0 Å². The van der Waals surface area contributed by atoms with Crippen LogP contribution >= 0.6 is 0 Å². The second-order valence-electron chi connectivity index (χ2n) is 3.62. The number of fused-ring (bicyclic) bond motifs is 1. The van der Waals surface area contributed by atoms with Crippen molar-refractivity contribution < 1.29 is 18.4 Å². The quantitative estimate of drug-likeness (QED) is 0.819. The molecule has 1 aromatic heterocycles. The van der Waals surface area contributed by atoms with E-state index in [1.807, 2.05) is 0 Å². The molecule has 2 heterocycles. The van der Waals surface area contributed by atoms with Crippen molar-refractivity contribution in [3.63, 3.8) is 0 Å². The van der Waals surface area contributed by atoms with Crippen LogP contribution in [0.25, 0.3) is 11.3 Å². The van der Waals surface area contributed by atoms with Gasteiger partial charge in [-0.2, -0.15) is 0 Å². The van der Waals surface area contributed by atoms with Crippen LogP contribution in [0.3, 0.4) is 0 Å². The molecule has 2 aromatic rings. The maximum absolute atomic E-state index is 13.8. The van der Waals surface area contributed by atoms with Crippen molar-refractivity contribution in [1.29, 1.82) is 0 Å². The zero-order valence-corrected chi connectivity index (χ0v) is 8.77. The van der Waals surface area contributed by atoms with Crippen molar-refractivity contribution >= 4 is 5.88 Å². The van der Waals surface area contributed by atoms with Crippen LogP contribution < -0.4 is 10.5 Å². The number of aromatic nitrogens is 1. The third kappa shape index (κ3) is 1.62. The maximum atomic E-state index is 13.8. The van der Waals surface area contributed by atoms with Crippen molar-refractivity contribution in [2.75, 3.05) is 12.5 Å². The fourth-order valence-corrected chi connectivity index (χ4v) is 1.81. The van der Waals surface area contributed by atoms with Crippen molar-refractivity contribution in [3.05, 3.63) is 29.6 Å². The lowest BCUT2D eigenvalue weighted by Crippen LogP contribution is -2.13. The molecule has 88 valence electrons. The average Bonchev–Trinajstić information content (AvgIpc) is 2.75. The van der Waals surface area contributed by atoms with Crippen LogP contribution in [0.1, 0.15) is 5.56 Å². The number of ether oxygens (including phenoxy) is 2. The van der Waals surface area contributed by atoms with Crippen LogP contribution in [0.2, 0.25) is 0 Å². The molecule has 3 rings (SSSR count). The predicted octanol–water partition coefficient (Wildman–Crippen LogP) is 1.93. The fourth-order valence-electron chi connectivity index (χ4n) is 1.81. The number of hydrogen-bond acceptors (Lipinski definition) is 5. The summed E-state index contributed by atoms with van der Waals surface area (Å²) in [6.07, 6.45) is 0. The Labute approximate surface area is 95.9 Å². The molecule has 0 saturated carbocycles. The first-order chi connectivity index (χ1) is 8.25. The first kappa shape index (κ1) is 10.1. The molecule has 0 radical (unpaired) electrons. The highest BCUT2D eigenvalue weighted by molar-refractivity contribution is 5.69. The number of anilines is 1. The Balaban J connectivity index is 2.20. The summed E-state index contributed by atoms with van der Waals surface area (Å²) in [6, 6.07) is 4.36. The third-order valence-corrected chi connectivity index (χ3v) is 2.55. The summed E-state index contributed by atoms with van der Waals surface area (Å²) >= 11 is 0. The van der Waals surface area contributed by atoms with Gasteiger partial charge in [0.2, 0.25) is 5.88 Å². The summed E-state index contributed by atoms with van der Waals surface area (Å²) in [5.74, 6) is 0.315. The second kappa shape index (κ2) is 3.74. The van der Waals surface area contributed by atoms with Gasteiger partial charge in [-0.1, -0.05) is 5.16 Å². The van der Waals surface area contributed by atoms with Gasteiger partial charge < -0.3 is 19.7 Å². The molecule has 0 fully saturated rings. The zero-order chi connectivity index (χ0) is 11.8. The number of benzene rings is 1. The van der Waals surface area contributed by atoms with Gasteiger partial charge in [-0.15, -0.1) is 0 Å². The fraction of sp³-hybridized carbons (Fsp3) is 0.182. The van der Waals surface area contributed by atoms with Crippen molar-refractivity contribution in [1.82, 2.24) is 5.16 Å². The zero-order valence-electron chi connectivity index (χ0n) is 8.77. The molecular formula is C11H9FN2O3. The molecule has 0 amide bonds. The highest BCUT2D eigenvalue weighted by Gasteiger charge is 2.21. The van der Waals surface area contributed by atoms with Gasteiger partial charge >= 0.3 is 0 Å². The number of hydrogen-bond donors (Lipinski definition) is 1. The van der Waals surface area contributed by atoms with E-state index in [0.29, 0.717) is 22.6 Å². The standard InChI is InChI=1S/C11H9FN2O3/c12-7-1-2-9-6(4-15-5-16-9)11(7)8-3-10(13)17-14-8/h1-3H,4-5,13H2. The molecule has 1 aliphatic rings. The molecule has 0 bridgehead atoms. The molecule has 17 heavy (non-hydrogen) atoms. The summed E-state index contributed by atoms with van der Waals surface area (Å²) < 4.78 is 29.0. The summed E-state index contributed by atoms with van der Waals surface area (Å²) in [4.78, 5) is 0. The lowest BCUT2D eigenvalue weighted by atomic mass is 10.0. The molecule has 0 unspecified atom stereocenters. The molecule has 0 atom stereocenters. The number of nitrogen functional groups attached to an aromatic ring is 1. The highest BCUT2D eigenvalue weighted by atomic mass is 19.1. The van der Waals surface area contributed by atoms with Gasteiger partial charge in [0.1, 0.15) is 17.3 Å². The number of rotatable bonds is 1. The van der Waals surface area contributed by atoms with Crippen LogP contribution in [0.5, 0.6) is 5.75 Å². The van der Waals surface area contributed by atoms with E-state index in [-0.39, 0.29) is 19.3 Å². The molecule has 5 nitrogen and oxygen atoms in total. The van der Waals surface area contributed by atoms with Crippen LogP contribution in [0, 0.1) is 5.82 Å². The predicted molar refractivity (Wildman–Crippen MR) is 56.6 cm³/mol. The molecule has 6 heteroatoms. The average molecular weight is 236 g/mol. The lowest BCUT2D eigenvalue weighted by Gasteiger charge is -2.19. The van der Waals surface area contributed by atoms with E-state index >= 15 is 0 Å². The van der Waals surface area contributed by atoms with E-state index in [1.165, 1.54) is 12.1 Å².